The van der Waals surface area contributed by atoms with Crippen LogP contribution in [0.15, 0.2) is 24.4 Å². The highest BCUT2D eigenvalue weighted by Gasteiger charge is 2.61. The highest BCUT2D eigenvalue weighted by Crippen LogP contribution is 2.40. The van der Waals surface area contributed by atoms with Crippen LogP contribution in [0.2, 0.25) is 0 Å². The first kappa shape index (κ1) is 23.6. The van der Waals surface area contributed by atoms with Crippen molar-refractivity contribution in [1.82, 2.24) is 15.2 Å². The molecule has 1 saturated carbocycles. The second kappa shape index (κ2) is 8.64. The second-order valence-electron chi connectivity index (χ2n) is 8.49. The Morgan fingerprint density at radius 2 is 1.85 bits per heavy atom. The van der Waals surface area contributed by atoms with Crippen LogP contribution < -0.4 is 10.1 Å². The monoisotopic (exact) mass is 477 g/mol. The van der Waals surface area contributed by atoms with Crippen molar-refractivity contribution >= 4 is 16.8 Å². The van der Waals surface area contributed by atoms with E-state index in [2.05, 4.69) is 15.0 Å². The number of benzene rings is 1. The number of amides is 1. The Kier molecular flexibility index (Phi) is 6.16. The average molecular weight is 477 g/mol. The van der Waals surface area contributed by atoms with Crippen molar-refractivity contribution in [2.24, 2.45) is 0 Å². The number of nitrogens with one attached hydrogen (secondary N) is 1. The van der Waals surface area contributed by atoms with Gasteiger partial charge in [0.15, 0.2) is 17.2 Å². The molecule has 1 amide bonds. The Labute approximate surface area is 184 Å². The third-order valence-electron chi connectivity index (χ3n) is 6.22. The van der Waals surface area contributed by atoms with Crippen LogP contribution in [0.5, 0.6) is 5.75 Å². The molecular weight excluding hydrogens is 456 g/mol. The van der Waals surface area contributed by atoms with Gasteiger partial charge in [-0.1, -0.05) is 0 Å². The van der Waals surface area contributed by atoms with Crippen molar-refractivity contribution in [2.75, 3.05) is 13.1 Å². The van der Waals surface area contributed by atoms with E-state index in [1.807, 2.05) is 0 Å². The Bertz CT molecular complexity index is 1030. The van der Waals surface area contributed by atoms with Gasteiger partial charge in [0.05, 0.1) is 11.1 Å². The summed E-state index contributed by atoms with van der Waals surface area (Å²) in [5, 5.41) is 12.7. The van der Waals surface area contributed by atoms with Crippen LogP contribution in [0.3, 0.4) is 0 Å². The van der Waals surface area contributed by atoms with Gasteiger partial charge in [0.1, 0.15) is 0 Å². The fraction of sp³-hybridized carbons (Fsp3) is 0.524. The van der Waals surface area contributed by atoms with Crippen LogP contribution in [0.1, 0.15) is 36.0 Å². The topological polar surface area (TPSA) is 74.7 Å². The zero-order valence-electron chi connectivity index (χ0n) is 17.2. The lowest BCUT2D eigenvalue weighted by Gasteiger charge is -2.51. The largest absolute Gasteiger partial charge is 0.432 e. The summed E-state index contributed by atoms with van der Waals surface area (Å²) in [5.74, 6) is -2.10. The predicted molar refractivity (Wildman–Crippen MR) is 104 cm³/mol. The first-order valence-electron chi connectivity index (χ1n) is 10.3. The number of aromatic nitrogens is 1. The predicted octanol–water partition coefficient (Wildman–Crippen LogP) is 3.63. The maximum Gasteiger partial charge on any atom is 0.419 e. The summed E-state index contributed by atoms with van der Waals surface area (Å²) in [6.07, 6.45) is -1.14. The minimum absolute atomic E-state index is 0.0873. The van der Waals surface area contributed by atoms with Gasteiger partial charge in [0.25, 0.3) is 5.91 Å². The van der Waals surface area contributed by atoms with E-state index >= 15 is 0 Å². The molecule has 2 fully saturated rings. The van der Waals surface area contributed by atoms with Crippen LogP contribution in [0, 0.1) is 5.82 Å². The molecule has 12 heteroatoms. The molecule has 4 rings (SSSR count). The number of rotatable bonds is 5. The summed E-state index contributed by atoms with van der Waals surface area (Å²) in [7, 11) is 0. The normalized spacial score (nSPS) is 23.4. The van der Waals surface area contributed by atoms with E-state index < -0.39 is 49.0 Å². The van der Waals surface area contributed by atoms with E-state index in [0.717, 1.165) is 12.1 Å². The van der Waals surface area contributed by atoms with Crippen molar-refractivity contribution in [3.63, 3.8) is 0 Å². The lowest BCUT2D eigenvalue weighted by Crippen LogP contribution is -2.71. The molecule has 2 N–H and O–H groups in total. The maximum atomic E-state index is 14.0. The molecule has 1 aliphatic carbocycles. The highest BCUT2D eigenvalue weighted by molar-refractivity contribution is 5.97. The standard InChI is InChI=1S/C21H21F6N3O3/c22-15-6-11-5-12(8-28-16(11)7-17(15)33-19(23)24)18(31)29-13-1-3-14(4-2-13)30-9-20(32,10-30)21(25,26)27/h5-8,13-14,19,32H,1-4,9-10H2,(H,29,31)/t13-,14-. The van der Waals surface area contributed by atoms with Gasteiger partial charge < -0.3 is 15.2 Å². The zero-order valence-corrected chi connectivity index (χ0v) is 17.2. The van der Waals surface area contributed by atoms with Gasteiger partial charge in [-0.2, -0.15) is 22.0 Å². The van der Waals surface area contributed by atoms with E-state index in [1.165, 1.54) is 12.3 Å². The van der Waals surface area contributed by atoms with E-state index in [4.69, 9.17) is 0 Å². The van der Waals surface area contributed by atoms with Gasteiger partial charge in [0, 0.05) is 42.8 Å². The number of ether oxygens (including phenoxy) is 1. The van der Waals surface area contributed by atoms with Gasteiger partial charge in [-0.15, -0.1) is 0 Å². The van der Waals surface area contributed by atoms with Crippen LogP contribution in [0.4, 0.5) is 26.3 Å². The van der Waals surface area contributed by atoms with Gasteiger partial charge in [-0.05, 0) is 37.8 Å². The molecule has 33 heavy (non-hydrogen) atoms. The SMILES string of the molecule is O=C(N[C@H]1CC[C@H](N2CC(O)(C(F)(F)F)C2)CC1)c1cnc2cc(OC(F)F)c(F)cc2c1. The van der Waals surface area contributed by atoms with Crippen LogP contribution in [0.25, 0.3) is 10.9 Å². The summed E-state index contributed by atoms with van der Waals surface area (Å²) in [6.45, 7) is -4.07. The van der Waals surface area contributed by atoms with Crippen molar-refractivity contribution < 1.29 is 41.0 Å². The number of nitrogens with zero attached hydrogens (tertiary/aromatic N) is 2. The quantitative estimate of drug-likeness (QED) is 0.644. The fourth-order valence-electron chi connectivity index (χ4n) is 4.36. The molecule has 6 nitrogen and oxygen atoms in total. The highest BCUT2D eigenvalue weighted by atomic mass is 19.4. The number of pyridine rings is 1. The number of hydrogen-bond acceptors (Lipinski definition) is 5. The number of halogens is 6. The van der Waals surface area contributed by atoms with E-state index in [0.29, 0.717) is 25.7 Å². The summed E-state index contributed by atoms with van der Waals surface area (Å²) < 4.78 is 81.1. The number of alkyl halides is 5. The number of hydrogen-bond donors (Lipinski definition) is 2. The molecule has 2 aliphatic rings. The fourth-order valence-corrected chi connectivity index (χ4v) is 4.36. The summed E-state index contributed by atoms with van der Waals surface area (Å²) in [4.78, 5) is 18.2. The molecule has 1 aromatic heterocycles. The number of carbonyl (C=O) groups excluding carboxylic acids is 1. The number of fused-ring (bicyclic) bond motifs is 1. The average Bonchev–Trinajstić information content (AvgIpc) is 2.71. The van der Waals surface area contributed by atoms with Crippen LogP contribution >= 0.6 is 0 Å². The summed E-state index contributed by atoms with van der Waals surface area (Å²) in [5.41, 5.74) is -2.31. The molecule has 0 atom stereocenters. The first-order chi connectivity index (χ1) is 15.4. The Hall–Kier alpha value is -2.60. The number of β-amino-alcohol motifs (C(OH)–C–C–N with tert-alkyl or cyclic N) is 1. The molecule has 0 radical (unpaired) electrons. The van der Waals surface area contributed by atoms with Gasteiger partial charge in [-0.3, -0.25) is 14.7 Å². The van der Waals surface area contributed by atoms with Gasteiger partial charge in [-0.25, -0.2) is 4.39 Å². The summed E-state index contributed by atoms with van der Waals surface area (Å²) >= 11 is 0. The molecule has 2 heterocycles. The number of carbonyl (C=O) groups is 1. The Morgan fingerprint density at radius 3 is 2.45 bits per heavy atom. The minimum atomic E-state index is -4.65. The molecule has 0 unspecified atom stereocenters. The third-order valence-corrected chi connectivity index (χ3v) is 6.22. The molecule has 0 spiro atoms. The van der Waals surface area contributed by atoms with Crippen molar-refractivity contribution in [3.05, 3.63) is 35.8 Å². The first-order valence-corrected chi connectivity index (χ1v) is 10.3. The molecule has 1 saturated heterocycles. The Balaban J connectivity index is 1.33. The van der Waals surface area contributed by atoms with Crippen LogP contribution in [-0.4, -0.2) is 64.5 Å². The molecule has 180 valence electrons. The maximum absolute atomic E-state index is 14.0. The second-order valence-corrected chi connectivity index (χ2v) is 8.49. The minimum Gasteiger partial charge on any atom is -0.432 e. The van der Waals surface area contributed by atoms with Crippen molar-refractivity contribution in [1.29, 1.82) is 0 Å². The van der Waals surface area contributed by atoms with Crippen LogP contribution in [-0.2, 0) is 0 Å². The summed E-state index contributed by atoms with van der Waals surface area (Å²) in [6, 6.07) is 3.09. The zero-order chi connectivity index (χ0) is 24.0. The van der Waals surface area contributed by atoms with E-state index in [-0.39, 0.29) is 28.6 Å². The molecule has 0 bridgehead atoms. The molecule has 2 aromatic rings. The molecular formula is C21H21F6N3O3. The third kappa shape index (κ3) is 4.86. The Morgan fingerprint density at radius 1 is 1.18 bits per heavy atom. The number of likely N-dealkylation sites (tertiary alicyclic amines) is 1. The van der Waals surface area contributed by atoms with E-state index in [1.54, 1.807) is 4.90 Å². The molecule has 1 aromatic carbocycles. The lowest BCUT2D eigenvalue weighted by atomic mass is 9.84. The lowest BCUT2D eigenvalue weighted by molar-refractivity contribution is -0.306. The van der Waals surface area contributed by atoms with Crippen molar-refractivity contribution in [2.45, 2.75) is 56.2 Å². The number of aliphatic hydroxyl groups is 1. The van der Waals surface area contributed by atoms with E-state index in [9.17, 15) is 36.2 Å². The van der Waals surface area contributed by atoms with Gasteiger partial charge >= 0.3 is 12.8 Å². The van der Waals surface area contributed by atoms with Gasteiger partial charge in [0.2, 0.25) is 0 Å². The smallest absolute Gasteiger partial charge is 0.419 e. The van der Waals surface area contributed by atoms with Crippen molar-refractivity contribution in [3.8, 4) is 5.75 Å². The molecule has 1 aliphatic heterocycles.